The van der Waals surface area contributed by atoms with Crippen LogP contribution in [0.5, 0.6) is 0 Å². The molecule has 48 heavy (non-hydrogen) atoms. The van der Waals surface area contributed by atoms with Gasteiger partial charge in [0.25, 0.3) is 0 Å². The molecule has 7 nitrogen and oxygen atoms in total. The Morgan fingerprint density at radius 1 is 0.438 bits per heavy atom. The van der Waals surface area contributed by atoms with Crippen LogP contribution in [0, 0.1) is 0 Å². The average molecular weight is 682 g/mol. The third kappa shape index (κ3) is 35.7. The summed E-state index contributed by atoms with van der Waals surface area (Å²) >= 11 is 0. The highest BCUT2D eigenvalue weighted by Crippen LogP contribution is 2.18. The van der Waals surface area contributed by atoms with E-state index >= 15 is 0 Å². The van der Waals surface area contributed by atoms with Crippen LogP contribution in [-0.2, 0) is 28.6 Å². The van der Waals surface area contributed by atoms with E-state index in [2.05, 4.69) is 18.7 Å². The predicted molar refractivity (Wildman–Crippen MR) is 200 cm³/mol. The zero-order valence-electron chi connectivity index (χ0n) is 32.3. The molecular weight excluding hydrogens is 602 g/mol. The van der Waals surface area contributed by atoms with Crippen molar-refractivity contribution in [1.29, 1.82) is 0 Å². The Balaban J connectivity index is 4.00. The van der Waals surface area contributed by atoms with Gasteiger partial charge < -0.3 is 19.1 Å². The number of nitrogens with zero attached hydrogens (tertiary/aromatic N) is 1. The Labute approximate surface area is 297 Å². The molecule has 0 aliphatic heterocycles. The molecule has 0 N–H and O–H groups in total. The number of unbranched alkanes of at least 4 members (excludes halogenated alkanes) is 20. The summed E-state index contributed by atoms with van der Waals surface area (Å²) in [7, 11) is 4.06. The molecule has 284 valence electrons. The van der Waals surface area contributed by atoms with Crippen molar-refractivity contribution in [2.75, 3.05) is 33.9 Å². The fraction of sp³-hybridized carbons (Fsp3) is 0.927. The largest absolute Gasteiger partial charge is 0.466 e. The first kappa shape index (κ1) is 46.4. The minimum absolute atomic E-state index is 0.0222. The van der Waals surface area contributed by atoms with Gasteiger partial charge in [-0.25, -0.2) is 0 Å². The lowest BCUT2D eigenvalue weighted by molar-refractivity contribution is -0.150. The maximum Gasteiger partial charge on any atom is 0.306 e. The number of hydrogen-bond acceptors (Lipinski definition) is 7. The molecule has 0 saturated heterocycles. The second-order valence-corrected chi connectivity index (χ2v) is 14.3. The lowest BCUT2D eigenvalue weighted by Gasteiger charge is -2.18. The average Bonchev–Trinajstić information content (AvgIpc) is 3.05. The molecule has 0 fully saturated rings. The lowest BCUT2D eigenvalue weighted by atomic mass is 10.0. The molecular formula is C41H79NO6. The first-order valence-corrected chi connectivity index (χ1v) is 20.5. The maximum atomic E-state index is 12.5. The molecule has 0 spiro atoms. The number of carbonyl (C=O) groups excluding carboxylic acids is 3. The third-order valence-corrected chi connectivity index (χ3v) is 9.12. The Hall–Kier alpha value is -1.63. The van der Waals surface area contributed by atoms with Gasteiger partial charge in [-0.1, -0.05) is 129 Å². The van der Waals surface area contributed by atoms with Crippen LogP contribution in [-0.4, -0.2) is 62.8 Å². The number of ether oxygens (including phenoxy) is 3. The zero-order valence-corrected chi connectivity index (χ0v) is 32.3. The fourth-order valence-corrected chi connectivity index (χ4v) is 6.02. The summed E-state index contributed by atoms with van der Waals surface area (Å²) in [5.74, 6) is -0.132. The molecule has 0 aliphatic rings. The van der Waals surface area contributed by atoms with Crippen molar-refractivity contribution < 1.29 is 28.6 Å². The zero-order chi connectivity index (χ0) is 35.3. The number of hydrogen-bond donors (Lipinski definition) is 0. The SMILES string of the molecule is CCCCCCCCC(=O)OCCCCCCCCC(CCCCCCCCOC(=O)CCCCCCCC)OC(=O)CCCN(C)C. The predicted octanol–water partition coefficient (Wildman–Crippen LogP) is 11.3. The van der Waals surface area contributed by atoms with Gasteiger partial charge in [0, 0.05) is 19.3 Å². The van der Waals surface area contributed by atoms with Crippen LogP contribution in [0.3, 0.4) is 0 Å². The van der Waals surface area contributed by atoms with Gasteiger partial charge in [-0.15, -0.1) is 0 Å². The normalized spacial score (nSPS) is 11.4. The summed E-state index contributed by atoms with van der Waals surface area (Å²) in [5, 5.41) is 0. The van der Waals surface area contributed by atoms with Gasteiger partial charge in [-0.05, 0) is 78.4 Å². The minimum atomic E-state index is -0.0565. The molecule has 0 saturated carbocycles. The fourth-order valence-electron chi connectivity index (χ4n) is 6.02. The van der Waals surface area contributed by atoms with E-state index in [4.69, 9.17) is 14.2 Å². The molecule has 7 heteroatoms. The van der Waals surface area contributed by atoms with E-state index in [0.29, 0.717) is 32.5 Å². The minimum Gasteiger partial charge on any atom is -0.466 e. The van der Waals surface area contributed by atoms with E-state index in [1.807, 2.05) is 14.1 Å². The highest BCUT2D eigenvalue weighted by molar-refractivity contribution is 5.70. The highest BCUT2D eigenvalue weighted by Gasteiger charge is 2.14. The van der Waals surface area contributed by atoms with Crippen LogP contribution in [0.1, 0.15) is 206 Å². The van der Waals surface area contributed by atoms with Crippen molar-refractivity contribution in [2.45, 2.75) is 213 Å². The Morgan fingerprint density at radius 3 is 1.21 bits per heavy atom. The third-order valence-electron chi connectivity index (χ3n) is 9.12. The number of rotatable bonds is 37. The van der Waals surface area contributed by atoms with Gasteiger partial charge >= 0.3 is 17.9 Å². The highest BCUT2D eigenvalue weighted by atomic mass is 16.5. The molecule has 0 heterocycles. The number of esters is 3. The molecule has 0 aromatic carbocycles. The van der Waals surface area contributed by atoms with Crippen LogP contribution < -0.4 is 0 Å². The monoisotopic (exact) mass is 682 g/mol. The van der Waals surface area contributed by atoms with Gasteiger partial charge in [0.05, 0.1) is 13.2 Å². The molecule has 0 bridgehead atoms. The van der Waals surface area contributed by atoms with Gasteiger partial charge in [0.15, 0.2) is 0 Å². The molecule has 0 aromatic rings. The summed E-state index contributed by atoms with van der Waals surface area (Å²) < 4.78 is 16.8. The molecule has 0 atom stereocenters. The maximum absolute atomic E-state index is 12.5. The van der Waals surface area contributed by atoms with Crippen LogP contribution in [0.15, 0.2) is 0 Å². The molecule has 0 radical (unpaired) electrons. The first-order valence-electron chi connectivity index (χ1n) is 20.5. The topological polar surface area (TPSA) is 82.1 Å². The molecule has 0 aliphatic carbocycles. The van der Waals surface area contributed by atoms with Crippen molar-refractivity contribution in [2.24, 2.45) is 0 Å². The molecule has 0 rings (SSSR count). The summed E-state index contributed by atoms with van der Waals surface area (Å²) in [5.41, 5.74) is 0. The van der Waals surface area contributed by atoms with Crippen molar-refractivity contribution in [3.05, 3.63) is 0 Å². The van der Waals surface area contributed by atoms with Crippen molar-refractivity contribution in [1.82, 2.24) is 4.90 Å². The molecule has 0 unspecified atom stereocenters. The quantitative estimate of drug-likeness (QED) is 0.0366. The van der Waals surface area contributed by atoms with Crippen molar-refractivity contribution in [3.63, 3.8) is 0 Å². The van der Waals surface area contributed by atoms with E-state index in [-0.39, 0.29) is 24.0 Å². The van der Waals surface area contributed by atoms with Crippen molar-refractivity contribution >= 4 is 17.9 Å². The standard InChI is InChI=1S/C41H79NO6/c1-5-7-9-11-19-25-32-39(43)46-36-27-21-15-13-17-23-30-38(48-41(45)34-29-35-42(3)4)31-24-18-14-16-22-28-37-47-40(44)33-26-20-12-10-8-6-2/h38H,5-37H2,1-4H3. The van der Waals surface area contributed by atoms with E-state index in [0.717, 1.165) is 116 Å². The Kier molecular flexibility index (Phi) is 35.4. The van der Waals surface area contributed by atoms with Crippen LogP contribution >= 0.6 is 0 Å². The number of carbonyl (C=O) groups is 3. The Morgan fingerprint density at radius 2 is 0.792 bits per heavy atom. The summed E-state index contributed by atoms with van der Waals surface area (Å²) in [4.78, 5) is 38.4. The van der Waals surface area contributed by atoms with Gasteiger partial charge in [-0.3, -0.25) is 14.4 Å². The van der Waals surface area contributed by atoms with E-state index < -0.39 is 0 Å². The first-order chi connectivity index (χ1) is 23.4. The summed E-state index contributed by atoms with van der Waals surface area (Å²) in [6.07, 6.45) is 31.8. The summed E-state index contributed by atoms with van der Waals surface area (Å²) in [6, 6.07) is 0. The lowest BCUT2D eigenvalue weighted by Crippen LogP contribution is -2.20. The van der Waals surface area contributed by atoms with Crippen LogP contribution in [0.4, 0.5) is 0 Å². The van der Waals surface area contributed by atoms with E-state index in [9.17, 15) is 14.4 Å². The summed E-state index contributed by atoms with van der Waals surface area (Å²) in [6.45, 7) is 6.43. The second-order valence-electron chi connectivity index (χ2n) is 14.3. The van der Waals surface area contributed by atoms with Gasteiger partial charge in [0.1, 0.15) is 6.10 Å². The van der Waals surface area contributed by atoms with Crippen LogP contribution in [0.25, 0.3) is 0 Å². The molecule has 0 amide bonds. The van der Waals surface area contributed by atoms with Gasteiger partial charge in [0.2, 0.25) is 0 Å². The second kappa shape index (κ2) is 36.6. The van der Waals surface area contributed by atoms with Crippen LogP contribution in [0.2, 0.25) is 0 Å². The van der Waals surface area contributed by atoms with E-state index in [1.165, 1.54) is 64.2 Å². The molecule has 0 aromatic heterocycles. The van der Waals surface area contributed by atoms with Crippen molar-refractivity contribution in [3.8, 4) is 0 Å². The Bertz CT molecular complexity index is 682. The van der Waals surface area contributed by atoms with Gasteiger partial charge in [-0.2, -0.15) is 0 Å². The smallest absolute Gasteiger partial charge is 0.306 e. The van der Waals surface area contributed by atoms with E-state index in [1.54, 1.807) is 0 Å².